The lowest BCUT2D eigenvalue weighted by molar-refractivity contribution is 0.139. The van der Waals surface area contributed by atoms with Crippen molar-refractivity contribution in [3.63, 3.8) is 0 Å². The molecule has 0 saturated heterocycles. The highest BCUT2D eigenvalue weighted by Crippen LogP contribution is 1.92. The van der Waals surface area contributed by atoms with Crippen LogP contribution in [0.5, 0.6) is 0 Å². The Kier molecular flexibility index (Phi) is 6.55. The first-order valence-electron chi connectivity index (χ1n) is 3.54. The van der Waals surface area contributed by atoms with Crippen LogP contribution in [0, 0.1) is 0 Å². The normalized spacial score (nSPS) is 9.80. The van der Waals surface area contributed by atoms with Gasteiger partial charge in [-0.15, -0.1) is 0 Å². The van der Waals surface area contributed by atoms with E-state index >= 15 is 0 Å². The first kappa shape index (κ1) is 9.66. The molecule has 0 aliphatic carbocycles. The zero-order chi connectivity index (χ0) is 7.82. The second-order valence-corrected chi connectivity index (χ2v) is 2.24. The van der Waals surface area contributed by atoms with E-state index in [2.05, 4.69) is 13.5 Å². The maximum Gasteiger partial charge on any atom is 0.0696 e. The van der Waals surface area contributed by atoms with Crippen molar-refractivity contribution in [3.8, 4) is 0 Å². The Labute approximate surface area is 62.8 Å². The summed E-state index contributed by atoms with van der Waals surface area (Å²) >= 11 is 0. The Bertz CT molecular complexity index is 89.3. The van der Waals surface area contributed by atoms with Crippen molar-refractivity contribution in [2.75, 3.05) is 26.9 Å². The third kappa shape index (κ3) is 5.79. The molecule has 0 atom stereocenters. The monoisotopic (exact) mass is 144 g/mol. The first-order valence-corrected chi connectivity index (χ1v) is 3.54. The molecule has 0 bridgehead atoms. The third-order valence-corrected chi connectivity index (χ3v) is 1.00. The molecule has 0 aromatic rings. The van der Waals surface area contributed by atoms with Gasteiger partial charge in [0.25, 0.3) is 0 Å². The molecule has 0 aliphatic rings. The highest BCUT2D eigenvalue weighted by atomic mass is 16.5. The van der Waals surface area contributed by atoms with Crippen molar-refractivity contribution in [2.45, 2.75) is 13.3 Å². The van der Waals surface area contributed by atoms with Gasteiger partial charge in [-0.2, -0.15) is 0 Å². The van der Waals surface area contributed by atoms with Gasteiger partial charge in [0.15, 0.2) is 0 Å². The molecule has 0 N–H and O–H groups in total. The number of ether oxygens (including phenoxy) is 2. The molecule has 0 aromatic carbocycles. The van der Waals surface area contributed by atoms with Crippen molar-refractivity contribution in [3.05, 3.63) is 12.2 Å². The molecule has 0 aliphatic heterocycles. The molecule has 0 saturated carbocycles. The van der Waals surface area contributed by atoms with Crippen molar-refractivity contribution in [1.82, 2.24) is 0 Å². The van der Waals surface area contributed by atoms with E-state index in [1.54, 1.807) is 7.11 Å². The molecule has 0 heterocycles. The third-order valence-electron chi connectivity index (χ3n) is 1.00. The van der Waals surface area contributed by atoms with E-state index in [0.717, 1.165) is 18.6 Å². The van der Waals surface area contributed by atoms with E-state index in [-0.39, 0.29) is 0 Å². The summed E-state index contributed by atoms with van der Waals surface area (Å²) in [4.78, 5) is 0. The molecule has 0 rings (SSSR count). The number of hydrogen-bond acceptors (Lipinski definition) is 2. The van der Waals surface area contributed by atoms with Crippen LogP contribution in [0.25, 0.3) is 0 Å². The second kappa shape index (κ2) is 6.78. The molecule has 0 unspecified atom stereocenters. The maximum atomic E-state index is 5.22. The first-order chi connectivity index (χ1) is 4.81. The van der Waals surface area contributed by atoms with Crippen molar-refractivity contribution >= 4 is 0 Å². The molecule has 60 valence electrons. The lowest BCUT2D eigenvalue weighted by Gasteiger charge is -2.03. The largest absolute Gasteiger partial charge is 0.380 e. The minimum Gasteiger partial charge on any atom is -0.380 e. The zero-order valence-electron chi connectivity index (χ0n) is 6.85. The summed E-state index contributed by atoms with van der Waals surface area (Å²) in [6, 6.07) is 0. The van der Waals surface area contributed by atoms with E-state index in [1.165, 1.54) is 0 Å². The fraction of sp³-hybridized carbons (Fsp3) is 0.750. The molecule has 2 heteroatoms. The lowest BCUT2D eigenvalue weighted by Crippen LogP contribution is -2.02. The van der Waals surface area contributed by atoms with Gasteiger partial charge in [0.2, 0.25) is 0 Å². The van der Waals surface area contributed by atoms with Crippen molar-refractivity contribution in [1.29, 1.82) is 0 Å². The average Bonchev–Trinajstić information content (AvgIpc) is 1.89. The van der Waals surface area contributed by atoms with Gasteiger partial charge >= 0.3 is 0 Å². The summed E-state index contributed by atoms with van der Waals surface area (Å²) in [6.45, 7) is 7.88. The fourth-order valence-electron chi connectivity index (χ4n) is 0.607. The van der Waals surface area contributed by atoms with Crippen molar-refractivity contribution < 1.29 is 9.47 Å². The van der Waals surface area contributed by atoms with Crippen LogP contribution in [0.3, 0.4) is 0 Å². The van der Waals surface area contributed by atoms with Gasteiger partial charge in [0.05, 0.1) is 13.2 Å². The van der Waals surface area contributed by atoms with Gasteiger partial charge in [-0.25, -0.2) is 0 Å². The predicted molar refractivity (Wildman–Crippen MR) is 42.1 cm³/mol. The molecule has 0 aromatic heterocycles. The van der Waals surface area contributed by atoms with Gasteiger partial charge in [0, 0.05) is 13.7 Å². The van der Waals surface area contributed by atoms with Crippen LogP contribution in [0.15, 0.2) is 12.2 Å². The summed E-state index contributed by atoms with van der Waals surface area (Å²) in [5, 5.41) is 0. The maximum absolute atomic E-state index is 5.22. The second-order valence-electron chi connectivity index (χ2n) is 2.24. The molecule has 0 spiro atoms. The topological polar surface area (TPSA) is 18.5 Å². The zero-order valence-corrected chi connectivity index (χ0v) is 6.85. The summed E-state index contributed by atoms with van der Waals surface area (Å²) in [5.41, 5.74) is 0.996. The highest BCUT2D eigenvalue weighted by molar-refractivity contribution is 4.93. The summed E-state index contributed by atoms with van der Waals surface area (Å²) in [7, 11) is 1.66. The van der Waals surface area contributed by atoms with Crippen LogP contribution in [0.2, 0.25) is 0 Å². The minimum absolute atomic E-state index is 0.601. The van der Waals surface area contributed by atoms with E-state index in [9.17, 15) is 0 Å². The van der Waals surface area contributed by atoms with Crippen LogP contribution in [-0.4, -0.2) is 26.9 Å². The van der Waals surface area contributed by atoms with Crippen LogP contribution in [0.1, 0.15) is 13.3 Å². The lowest BCUT2D eigenvalue weighted by atomic mass is 10.3. The SMILES string of the molecule is C=C(COC)COCCC. The quantitative estimate of drug-likeness (QED) is 0.416. The average molecular weight is 144 g/mol. The molecule has 2 nitrogen and oxygen atoms in total. The minimum atomic E-state index is 0.601. The number of hydrogen-bond donors (Lipinski definition) is 0. The van der Waals surface area contributed by atoms with E-state index < -0.39 is 0 Å². The van der Waals surface area contributed by atoms with Gasteiger partial charge in [-0.3, -0.25) is 0 Å². The van der Waals surface area contributed by atoms with Gasteiger partial charge < -0.3 is 9.47 Å². The van der Waals surface area contributed by atoms with Gasteiger partial charge in [-0.1, -0.05) is 13.5 Å². The smallest absolute Gasteiger partial charge is 0.0696 e. The van der Waals surface area contributed by atoms with E-state index in [1.807, 2.05) is 0 Å². The molecule has 0 amide bonds. The summed E-state index contributed by atoms with van der Waals surface area (Å²) < 4.78 is 10.1. The molecular weight excluding hydrogens is 128 g/mol. The molecule has 0 radical (unpaired) electrons. The van der Waals surface area contributed by atoms with Crippen LogP contribution >= 0.6 is 0 Å². The van der Waals surface area contributed by atoms with E-state index in [4.69, 9.17) is 9.47 Å². The van der Waals surface area contributed by atoms with E-state index in [0.29, 0.717) is 13.2 Å². The van der Waals surface area contributed by atoms with Crippen molar-refractivity contribution in [2.24, 2.45) is 0 Å². The summed E-state index contributed by atoms with van der Waals surface area (Å²) in [6.07, 6.45) is 1.06. The standard InChI is InChI=1S/C8H16O2/c1-4-5-10-7-8(2)6-9-3/h2,4-7H2,1,3H3. The Balaban J connectivity index is 3.05. The molecular formula is C8H16O2. The highest BCUT2D eigenvalue weighted by Gasteiger charge is 1.91. The van der Waals surface area contributed by atoms with Crippen LogP contribution in [-0.2, 0) is 9.47 Å². The van der Waals surface area contributed by atoms with Crippen LogP contribution in [0.4, 0.5) is 0 Å². The summed E-state index contributed by atoms with van der Waals surface area (Å²) in [5.74, 6) is 0. The Hall–Kier alpha value is -0.340. The fourth-order valence-corrected chi connectivity index (χ4v) is 0.607. The van der Waals surface area contributed by atoms with Gasteiger partial charge in [-0.05, 0) is 12.0 Å². The predicted octanol–water partition coefficient (Wildman–Crippen LogP) is 1.62. The molecule has 0 fully saturated rings. The Morgan fingerprint density at radius 2 is 2.10 bits per heavy atom. The Morgan fingerprint density at radius 1 is 1.40 bits per heavy atom. The number of methoxy groups -OCH3 is 1. The van der Waals surface area contributed by atoms with Gasteiger partial charge in [0.1, 0.15) is 0 Å². The Morgan fingerprint density at radius 3 is 2.60 bits per heavy atom. The molecule has 10 heavy (non-hydrogen) atoms. The van der Waals surface area contributed by atoms with Crippen LogP contribution < -0.4 is 0 Å². The number of rotatable bonds is 6.